The van der Waals surface area contributed by atoms with Crippen molar-refractivity contribution in [3.05, 3.63) is 65.7 Å². The van der Waals surface area contributed by atoms with Gasteiger partial charge < -0.3 is 14.7 Å². The molecule has 3 heterocycles. The van der Waals surface area contributed by atoms with Crippen molar-refractivity contribution in [1.82, 2.24) is 15.3 Å². The summed E-state index contributed by atoms with van der Waals surface area (Å²) in [5.41, 5.74) is 5.35. The van der Waals surface area contributed by atoms with Gasteiger partial charge in [0.05, 0.1) is 18.1 Å². The summed E-state index contributed by atoms with van der Waals surface area (Å²) in [6.45, 7) is 0.941. The molecule has 0 unspecified atom stereocenters. The molecule has 0 aliphatic carbocycles. The number of aromatic amines is 1. The van der Waals surface area contributed by atoms with Gasteiger partial charge in [-0.3, -0.25) is 0 Å². The Morgan fingerprint density at radius 3 is 2.95 bits per heavy atom. The third-order valence-electron chi connectivity index (χ3n) is 4.49. The van der Waals surface area contributed by atoms with Crippen molar-refractivity contribution in [1.29, 1.82) is 0 Å². The number of hydrogen-bond donors (Lipinski definition) is 2. The molecule has 22 heavy (non-hydrogen) atoms. The van der Waals surface area contributed by atoms with Crippen molar-refractivity contribution >= 4 is 21.9 Å². The molecule has 4 aromatic rings. The Morgan fingerprint density at radius 1 is 1.05 bits per heavy atom. The fourth-order valence-electron chi connectivity index (χ4n) is 3.47. The normalized spacial score (nSPS) is 17.9. The lowest BCUT2D eigenvalue weighted by atomic mass is 9.96. The largest absolute Gasteiger partial charge is 0.456 e. The molecule has 0 saturated carbocycles. The number of furan rings is 1. The summed E-state index contributed by atoms with van der Waals surface area (Å²) in [6.07, 6.45) is 2.77. The maximum Gasteiger partial charge on any atom is 0.140 e. The van der Waals surface area contributed by atoms with E-state index in [0.29, 0.717) is 0 Å². The van der Waals surface area contributed by atoms with E-state index in [2.05, 4.69) is 45.6 Å². The number of fused-ring (bicyclic) bond motifs is 4. The minimum absolute atomic E-state index is 0.0827. The van der Waals surface area contributed by atoms with Crippen molar-refractivity contribution in [2.75, 3.05) is 6.54 Å². The molecule has 0 spiro atoms. The van der Waals surface area contributed by atoms with Gasteiger partial charge in [-0.25, -0.2) is 4.98 Å². The first-order valence-corrected chi connectivity index (χ1v) is 7.57. The standard InChI is InChI=1S/C18H15N3O/c1-2-7-15-11(4-1)12-5-3-6-13(18(12)22-15)16-17-14(8-9-19-16)20-10-21-17/h1-7,10,16,19H,8-9H2,(H,20,21)/t16-/m0/s1. The van der Waals surface area contributed by atoms with Crippen molar-refractivity contribution in [2.24, 2.45) is 0 Å². The number of aromatic nitrogens is 2. The quantitative estimate of drug-likeness (QED) is 0.563. The number of nitrogens with one attached hydrogen (secondary N) is 2. The molecule has 4 heteroatoms. The van der Waals surface area contributed by atoms with Crippen LogP contribution in [0.25, 0.3) is 21.9 Å². The molecule has 2 aromatic heterocycles. The Hall–Kier alpha value is -2.59. The lowest BCUT2D eigenvalue weighted by Crippen LogP contribution is -2.30. The van der Waals surface area contributed by atoms with Crippen LogP contribution in [0.15, 0.2) is 53.2 Å². The SMILES string of the molecule is c1ccc2c(c1)oc1c([C@@H]3NCCc4[nH]cnc43)cccc12. The molecule has 5 rings (SSSR count). The van der Waals surface area contributed by atoms with Gasteiger partial charge in [-0.05, 0) is 6.07 Å². The van der Waals surface area contributed by atoms with Gasteiger partial charge in [-0.2, -0.15) is 0 Å². The molecule has 0 amide bonds. The monoisotopic (exact) mass is 289 g/mol. The highest BCUT2D eigenvalue weighted by Crippen LogP contribution is 2.36. The van der Waals surface area contributed by atoms with E-state index in [0.717, 1.165) is 46.2 Å². The van der Waals surface area contributed by atoms with Gasteiger partial charge in [-0.15, -0.1) is 0 Å². The average Bonchev–Trinajstić information content (AvgIpc) is 3.18. The molecule has 108 valence electrons. The van der Waals surface area contributed by atoms with Crippen molar-refractivity contribution in [3.63, 3.8) is 0 Å². The van der Waals surface area contributed by atoms with E-state index in [1.54, 1.807) is 6.33 Å². The summed E-state index contributed by atoms with van der Waals surface area (Å²) in [6, 6.07) is 14.6. The second kappa shape index (κ2) is 4.45. The van der Waals surface area contributed by atoms with Gasteiger partial charge in [0.2, 0.25) is 0 Å². The molecule has 0 bridgehead atoms. The predicted octanol–water partition coefficient (Wildman–Crippen LogP) is 3.54. The number of H-pyrrole nitrogens is 1. The maximum atomic E-state index is 6.15. The van der Waals surface area contributed by atoms with Gasteiger partial charge in [0.1, 0.15) is 11.2 Å². The first kappa shape index (κ1) is 12.0. The number of para-hydroxylation sites is 2. The Labute approximate surface area is 127 Å². The summed E-state index contributed by atoms with van der Waals surface area (Å²) in [4.78, 5) is 7.77. The lowest BCUT2D eigenvalue weighted by Gasteiger charge is -2.23. The van der Waals surface area contributed by atoms with Crippen molar-refractivity contribution in [2.45, 2.75) is 12.5 Å². The number of imidazole rings is 1. The maximum absolute atomic E-state index is 6.15. The van der Waals surface area contributed by atoms with E-state index in [4.69, 9.17) is 4.42 Å². The minimum Gasteiger partial charge on any atom is -0.456 e. The van der Waals surface area contributed by atoms with Gasteiger partial charge in [0, 0.05) is 35.0 Å². The number of nitrogens with zero attached hydrogens (tertiary/aromatic N) is 1. The topological polar surface area (TPSA) is 53.9 Å². The number of hydrogen-bond acceptors (Lipinski definition) is 3. The number of rotatable bonds is 1. The van der Waals surface area contributed by atoms with Gasteiger partial charge >= 0.3 is 0 Å². The molecule has 1 aliphatic rings. The second-order valence-corrected chi connectivity index (χ2v) is 5.73. The van der Waals surface area contributed by atoms with E-state index >= 15 is 0 Å². The highest BCUT2D eigenvalue weighted by atomic mass is 16.3. The lowest BCUT2D eigenvalue weighted by molar-refractivity contribution is 0.547. The van der Waals surface area contributed by atoms with Crippen LogP contribution in [0.3, 0.4) is 0 Å². The first-order chi connectivity index (χ1) is 10.9. The third-order valence-corrected chi connectivity index (χ3v) is 4.49. The molecular weight excluding hydrogens is 274 g/mol. The Morgan fingerprint density at radius 2 is 1.95 bits per heavy atom. The first-order valence-electron chi connectivity index (χ1n) is 7.57. The van der Waals surface area contributed by atoms with Crippen LogP contribution < -0.4 is 5.32 Å². The molecule has 0 fully saturated rings. The summed E-state index contributed by atoms with van der Waals surface area (Å²) < 4.78 is 6.15. The van der Waals surface area contributed by atoms with Crippen LogP contribution in [0.4, 0.5) is 0 Å². The van der Waals surface area contributed by atoms with Gasteiger partial charge in [0.15, 0.2) is 0 Å². The fourth-order valence-corrected chi connectivity index (χ4v) is 3.47. The molecule has 2 N–H and O–H groups in total. The summed E-state index contributed by atoms with van der Waals surface area (Å²) in [7, 11) is 0. The van der Waals surface area contributed by atoms with Gasteiger partial charge in [-0.1, -0.05) is 36.4 Å². The smallest absolute Gasteiger partial charge is 0.140 e. The second-order valence-electron chi connectivity index (χ2n) is 5.73. The molecule has 4 nitrogen and oxygen atoms in total. The zero-order valence-corrected chi connectivity index (χ0v) is 12.0. The zero-order valence-electron chi connectivity index (χ0n) is 12.0. The Kier molecular flexibility index (Phi) is 2.43. The minimum atomic E-state index is 0.0827. The van der Waals surface area contributed by atoms with Crippen molar-refractivity contribution < 1.29 is 4.42 Å². The van der Waals surface area contributed by atoms with E-state index in [9.17, 15) is 0 Å². The summed E-state index contributed by atoms with van der Waals surface area (Å²) in [5.74, 6) is 0. The third kappa shape index (κ3) is 1.58. The van der Waals surface area contributed by atoms with E-state index in [1.807, 2.05) is 12.1 Å². The van der Waals surface area contributed by atoms with Crippen LogP contribution in [0, 0.1) is 0 Å². The molecule has 2 aromatic carbocycles. The fraction of sp³-hybridized carbons (Fsp3) is 0.167. The molecule has 1 aliphatic heterocycles. The van der Waals surface area contributed by atoms with Crippen LogP contribution in [0.5, 0.6) is 0 Å². The Balaban J connectivity index is 1.79. The van der Waals surface area contributed by atoms with Crippen LogP contribution in [0.1, 0.15) is 23.0 Å². The van der Waals surface area contributed by atoms with Crippen LogP contribution in [-0.2, 0) is 6.42 Å². The summed E-state index contributed by atoms with van der Waals surface area (Å²) >= 11 is 0. The summed E-state index contributed by atoms with van der Waals surface area (Å²) in [5, 5.41) is 5.90. The van der Waals surface area contributed by atoms with E-state index in [-0.39, 0.29) is 6.04 Å². The molecular formula is C18H15N3O. The number of benzene rings is 2. The van der Waals surface area contributed by atoms with Gasteiger partial charge in [0.25, 0.3) is 0 Å². The van der Waals surface area contributed by atoms with Crippen LogP contribution in [0.2, 0.25) is 0 Å². The van der Waals surface area contributed by atoms with Crippen LogP contribution in [-0.4, -0.2) is 16.5 Å². The highest BCUT2D eigenvalue weighted by molar-refractivity contribution is 6.06. The van der Waals surface area contributed by atoms with E-state index in [1.165, 1.54) is 5.69 Å². The molecule has 0 saturated heterocycles. The molecule has 0 radical (unpaired) electrons. The molecule has 1 atom stereocenters. The van der Waals surface area contributed by atoms with Crippen LogP contribution >= 0.6 is 0 Å². The van der Waals surface area contributed by atoms with Crippen molar-refractivity contribution in [3.8, 4) is 0 Å². The van der Waals surface area contributed by atoms with E-state index < -0.39 is 0 Å². The average molecular weight is 289 g/mol. The Bertz CT molecular complexity index is 982. The predicted molar refractivity (Wildman–Crippen MR) is 85.9 cm³/mol. The zero-order chi connectivity index (χ0) is 14.5. The highest BCUT2D eigenvalue weighted by Gasteiger charge is 2.26.